The third-order valence-corrected chi connectivity index (χ3v) is 12.0. The normalized spacial score (nSPS) is 12.5. The minimum absolute atomic E-state index is 0.0769. The van der Waals surface area contributed by atoms with Crippen LogP contribution in [0.15, 0.2) is 60.8 Å². The predicted molar refractivity (Wildman–Crippen MR) is 279 cm³/mol. The topological polar surface area (TPSA) is 78.9 Å². The van der Waals surface area contributed by atoms with E-state index in [1.165, 1.54) is 128 Å². The lowest BCUT2D eigenvalue weighted by atomic mass is 10.0. The van der Waals surface area contributed by atoms with Crippen LogP contribution in [0.2, 0.25) is 0 Å². The molecule has 0 aliphatic heterocycles. The Kier molecular flexibility index (Phi) is 51.3. The van der Waals surface area contributed by atoms with E-state index in [1.807, 2.05) is 0 Å². The van der Waals surface area contributed by atoms with Gasteiger partial charge in [0.25, 0.3) is 0 Å². The van der Waals surface area contributed by atoms with Crippen LogP contribution in [0.1, 0.15) is 278 Å². The molecule has 0 aromatic rings. The summed E-state index contributed by atoms with van der Waals surface area (Å²) in [5.41, 5.74) is 0. The number of hydrogen-bond donors (Lipinski definition) is 0. The number of hydrogen-bond acceptors (Lipinski definition) is 6. The molecular weight excluding hydrogens is 805 g/mol. The Hall–Kier alpha value is -2.89. The molecule has 0 heterocycles. The molecule has 0 saturated heterocycles. The molecule has 0 aliphatic rings. The van der Waals surface area contributed by atoms with Gasteiger partial charge in [0.2, 0.25) is 0 Å². The maximum absolute atomic E-state index is 12.8. The van der Waals surface area contributed by atoms with E-state index >= 15 is 0 Å². The first-order valence-corrected chi connectivity index (χ1v) is 27.8. The van der Waals surface area contributed by atoms with E-state index in [2.05, 4.69) is 81.5 Å². The van der Waals surface area contributed by atoms with E-state index in [0.717, 1.165) is 109 Å². The molecule has 0 rings (SSSR count). The molecule has 376 valence electrons. The summed E-state index contributed by atoms with van der Waals surface area (Å²) in [7, 11) is 0. The molecule has 1 atom stereocenters. The fourth-order valence-electron chi connectivity index (χ4n) is 7.88. The SMILES string of the molecule is CC/C=C\C/C=C\C/C=C\C/C=C\C/C=C\CCCCCCCC(=O)OCC(COC(=O)CCCCCCCCCCCC)OC(=O)CCCCCCCCCCCCCCCCCC. The summed E-state index contributed by atoms with van der Waals surface area (Å²) in [6, 6.07) is 0. The van der Waals surface area contributed by atoms with Crippen LogP contribution in [0.3, 0.4) is 0 Å². The number of rotatable bonds is 50. The predicted octanol–water partition coefficient (Wildman–Crippen LogP) is 18.4. The van der Waals surface area contributed by atoms with Gasteiger partial charge in [-0.3, -0.25) is 14.4 Å². The Labute approximate surface area is 402 Å². The average molecular weight is 909 g/mol. The smallest absolute Gasteiger partial charge is 0.306 e. The highest BCUT2D eigenvalue weighted by molar-refractivity contribution is 5.71. The number of esters is 3. The molecule has 6 nitrogen and oxygen atoms in total. The molecule has 0 aliphatic carbocycles. The van der Waals surface area contributed by atoms with Crippen molar-refractivity contribution in [3.8, 4) is 0 Å². The van der Waals surface area contributed by atoms with Crippen molar-refractivity contribution in [2.45, 2.75) is 284 Å². The van der Waals surface area contributed by atoms with Crippen molar-refractivity contribution in [3.63, 3.8) is 0 Å². The maximum Gasteiger partial charge on any atom is 0.306 e. The lowest BCUT2D eigenvalue weighted by Gasteiger charge is -2.18. The van der Waals surface area contributed by atoms with Gasteiger partial charge in [0.05, 0.1) is 0 Å². The van der Waals surface area contributed by atoms with Gasteiger partial charge in [-0.25, -0.2) is 0 Å². The third-order valence-electron chi connectivity index (χ3n) is 12.0. The number of allylic oxidation sites excluding steroid dienone is 10. The highest BCUT2D eigenvalue weighted by atomic mass is 16.6. The van der Waals surface area contributed by atoms with Crippen molar-refractivity contribution in [3.05, 3.63) is 60.8 Å². The number of unbranched alkanes of at least 4 members (excludes halogenated alkanes) is 29. The van der Waals surface area contributed by atoms with Crippen LogP contribution < -0.4 is 0 Å². The molecular formula is C59H104O6. The molecule has 1 unspecified atom stereocenters. The molecule has 0 saturated carbocycles. The first-order chi connectivity index (χ1) is 32.0. The molecule has 0 spiro atoms. The second kappa shape index (κ2) is 53.7. The molecule has 0 amide bonds. The molecule has 0 fully saturated rings. The lowest BCUT2D eigenvalue weighted by Crippen LogP contribution is -2.30. The quantitative estimate of drug-likeness (QED) is 0.0262. The van der Waals surface area contributed by atoms with Gasteiger partial charge in [-0.2, -0.15) is 0 Å². The van der Waals surface area contributed by atoms with Gasteiger partial charge < -0.3 is 14.2 Å². The van der Waals surface area contributed by atoms with E-state index in [9.17, 15) is 14.4 Å². The monoisotopic (exact) mass is 909 g/mol. The molecule has 0 N–H and O–H groups in total. The fraction of sp³-hybridized carbons (Fsp3) is 0.780. The highest BCUT2D eigenvalue weighted by Gasteiger charge is 2.19. The van der Waals surface area contributed by atoms with Crippen LogP contribution in [0.25, 0.3) is 0 Å². The fourth-order valence-corrected chi connectivity index (χ4v) is 7.88. The van der Waals surface area contributed by atoms with Gasteiger partial charge in [-0.15, -0.1) is 0 Å². The van der Waals surface area contributed by atoms with Crippen LogP contribution in [0.4, 0.5) is 0 Å². The summed E-state index contributed by atoms with van der Waals surface area (Å²) in [5, 5.41) is 0. The van der Waals surface area contributed by atoms with Crippen LogP contribution in [0, 0.1) is 0 Å². The maximum atomic E-state index is 12.8. The van der Waals surface area contributed by atoms with Crippen molar-refractivity contribution in [2.24, 2.45) is 0 Å². The Balaban J connectivity index is 4.33. The number of ether oxygens (including phenoxy) is 3. The lowest BCUT2D eigenvalue weighted by molar-refractivity contribution is -0.167. The zero-order valence-corrected chi connectivity index (χ0v) is 43.0. The van der Waals surface area contributed by atoms with Crippen LogP contribution in [0.5, 0.6) is 0 Å². The van der Waals surface area contributed by atoms with Crippen LogP contribution >= 0.6 is 0 Å². The Morgan fingerprint density at radius 3 is 0.938 bits per heavy atom. The first-order valence-electron chi connectivity index (χ1n) is 27.8. The minimum Gasteiger partial charge on any atom is -0.462 e. The van der Waals surface area contributed by atoms with Gasteiger partial charge in [0.15, 0.2) is 6.10 Å². The van der Waals surface area contributed by atoms with E-state index in [1.54, 1.807) is 0 Å². The number of carbonyl (C=O) groups is 3. The Morgan fingerprint density at radius 1 is 0.323 bits per heavy atom. The summed E-state index contributed by atoms with van der Waals surface area (Å²) < 4.78 is 16.8. The summed E-state index contributed by atoms with van der Waals surface area (Å²) in [4.78, 5) is 38.0. The summed E-state index contributed by atoms with van der Waals surface area (Å²) in [5.74, 6) is -0.887. The molecule has 0 bridgehead atoms. The molecule has 65 heavy (non-hydrogen) atoms. The Morgan fingerprint density at radius 2 is 0.600 bits per heavy atom. The molecule has 0 aromatic carbocycles. The van der Waals surface area contributed by atoms with Crippen molar-refractivity contribution in [1.82, 2.24) is 0 Å². The largest absolute Gasteiger partial charge is 0.462 e. The van der Waals surface area contributed by atoms with Gasteiger partial charge in [-0.05, 0) is 64.2 Å². The van der Waals surface area contributed by atoms with E-state index in [4.69, 9.17) is 14.2 Å². The van der Waals surface area contributed by atoms with Crippen LogP contribution in [-0.2, 0) is 28.6 Å². The molecule has 0 radical (unpaired) electrons. The first kappa shape index (κ1) is 62.1. The second-order valence-electron chi connectivity index (χ2n) is 18.5. The summed E-state index contributed by atoms with van der Waals surface area (Å²) >= 11 is 0. The zero-order chi connectivity index (χ0) is 47.2. The minimum atomic E-state index is -0.778. The van der Waals surface area contributed by atoms with E-state index < -0.39 is 6.10 Å². The third kappa shape index (κ3) is 51.9. The highest BCUT2D eigenvalue weighted by Crippen LogP contribution is 2.16. The van der Waals surface area contributed by atoms with Crippen molar-refractivity contribution in [1.29, 1.82) is 0 Å². The summed E-state index contributed by atoms with van der Waals surface area (Å²) in [6.45, 7) is 6.52. The number of carbonyl (C=O) groups excluding carboxylic acids is 3. The van der Waals surface area contributed by atoms with Crippen molar-refractivity contribution in [2.75, 3.05) is 13.2 Å². The Bertz CT molecular complexity index is 1180. The van der Waals surface area contributed by atoms with Gasteiger partial charge >= 0.3 is 17.9 Å². The van der Waals surface area contributed by atoms with Crippen LogP contribution in [-0.4, -0.2) is 37.2 Å². The molecule has 6 heteroatoms. The average Bonchev–Trinajstić information content (AvgIpc) is 3.30. The molecule has 0 aromatic heterocycles. The zero-order valence-electron chi connectivity index (χ0n) is 43.0. The van der Waals surface area contributed by atoms with E-state index in [0.29, 0.717) is 19.3 Å². The van der Waals surface area contributed by atoms with Crippen molar-refractivity contribution < 1.29 is 28.6 Å². The van der Waals surface area contributed by atoms with Gasteiger partial charge in [0.1, 0.15) is 13.2 Å². The van der Waals surface area contributed by atoms with Crippen molar-refractivity contribution >= 4 is 17.9 Å². The van der Waals surface area contributed by atoms with Gasteiger partial charge in [-0.1, -0.05) is 255 Å². The second-order valence-corrected chi connectivity index (χ2v) is 18.5. The van der Waals surface area contributed by atoms with E-state index in [-0.39, 0.29) is 31.1 Å². The standard InChI is InChI=1S/C59H104O6/c1-4-7-10-13-16-19-22-24-26-28-29-30-31-32-34-35-37-40-43-46-49-52-58(61)64-55-56(54-63-57(60)51-48-45-42-39-21-18-15-12-9-6-3)65-59(62)53-50-47-44-41-38-36-33-27-25-23-20-17-14-11-8-5-2/h7,10,16,19,24,26,29-30,32,34,56H,4-6,8-9,11-15,17-18,20-23,25,27-28,31,33,35-55H2,1-3H3/b10-7-,19-16-,26-24-,30-29-,34-32-. The summed E-state index contributed by atoms with van der Waals surface area (Å²) in [6.07, 6.45) is 66.4. The van der Waals surface area contributed by atoms with Gasteiger partial charge in [0, 0.05) is 19.3 Å².